The van der Waals surface area contributed by atoms with Gasteiger partial charge in [-0.05, 0) is 36.4 Å². The first-order chi connectivity index (χ1) is 19.5. The number of alkyl halides is 3. The first-order valence-electron chi connectivity index (χ1n) is 12.3. The van der Waals surface area contributed by atoms with Crippen molar-refractivity contribution in [2.75, 3.05) is 61.2 Å². The fourth-order valence-corrected chi connectivity index (χ4v) is 3.40. The van der Waals surface area contributed by atoms with Gasteiger partial charge in [-0.2, -0.15) is 13.2 Å². The Morgan fingerprint density at radius 2 is 1.51 bits per heavy atom. The highest BCUT2D eigenvalue weighted by atomic mass is 19.4. The van der Waals surface area contributed by atoms with Gasteiger partial charge in [-0.15, -0.1) is 0 Å². The zero-order chi connectivity index (χ0) is 30.0. The van der Waals surface area contributed by atoms with E-state index in [-0.39, 0.29) is 24.8 Å². The maximum absolute atomic E-state index is 13.3. The Morgan fingerprint density at radius 3 is 2.00 bits per heavy atom. The normalized spacial score (nSPS) is 10.9. The van der Waals surface area contributed by atoms with Gasteiger partial charge in [-0.25, -0.2) is 15.0 Å². The van der Waals surface area contributed by atoms with E-state index in [0.717, 1.165) is 5.82 Å². The summed E-state index contributed by atoms with van der Waals surface area (Å²) < 4.78 is 44.9. The number of aliphatic hydroxyl groups is 2. The Kier molecular flexibility index (Phi) is 10.6. The second-order valence-electron chi connectivity index (χ2n) is 8.66. The number of nitrogens with one attached hydrogen (secondary N) is 1. The third kappa shape index (κ3) is 8.65. The van der Waals surface area contributed by atoms with Crippen molar-refractivity contribution in [2.24, 2.45) is 0 Å². The van der Waals surface area contributed by atoms with Crippen molar-refractivity contribution in [3.05, 3.63) is 78.4 Å². The first kappa shape index (κ1) is 30.8. The summed E-state index contributed by atoms with van der Waals surface area (Å²) in [5.41, 5.74) is 5.76. The molecule has 1 aromatic carbocycles. The molecule has 14 heteroatoms. The van der Waals surface area contributed by atoms with Gasteiger partial charge < -0.3 is 35.5 Å². The quantitative estimate of drug-likeness (QED) is 0.234. The highest BCUT2D eigenvalue weighted by Gasteiger charge is 2.42. The zero-order valence-corrected chi connectivity index (χ0v) is 22.3. The minimum atomic E-state index is -4.89. The predicted octanol–water partition coefficient (Wildman–Crippen LogP) is 3.53. The fraction of sp³-hybridized carbons (Fsp3) is 0.259. The molecule has 0 fully saturated rings. The summed E-state index contributed by atoms with van der Waals surface area (Å²) in [6.07, 6.45) is -1.99. The SMILES string of the molecule is CN(CCO)c1ccc(N)cn1.CN(CCO)c1ccc(NC(=O)c2nc(-c3ccccc3)oc2C(F)(F)F)cn1. The number of nitrogen functional groups attached to an aromatic ring is 1. The average molecular weight is 574 g/mol. The molecule has 0 saturated heterocycles. The Morgan fingerprint density at radius 1 is 0.927 bits per heavy atom. The van der Waals surface area contributed by atoms with E-state index >= 15 is 0 Å². The standard InChI is InChI=1S/C19H17F3N4O3.C8H13N3O/c1-26(9-10-27)14-8-7-13(11-23-14)24-17(28)15-16(19(20,21)22)29-18(25-15)12-5-3-2-4-6-12;1-11(4-5-12)8-3-2-7(9)6-10-8/h2-8,11,27H,9-10H2,1H3,(H,24,28);2-3,6,12H,4-5,9H2,1H3. The van der Waals surface area contributed by atoms with Crippen LogP contribution in [0.4, 0.5) is 36.2 Å². The second kappa shape index (κ2) is 14.1. The van der Waals surface area contributed by atoms with Crippen molar-refractivity contribution in [2.45, 2.75) is 6.18 Å². The molecule has 4 aromatic rings. The topological polar surface area (TPSA) is 154 Å². The van der Waals surface area contributed by atoms with Crippen LogP contribution in [0.3, 0.4) is 0 Å². The number of nitrogens with zero attached hydrogens (tertiary/aromatic N) is 5. The van der Waals surface area contributed by atoms with Gasteiger partial charge in [0.1, 0.15) is 11.6 Å². The molecule has 3 heterocycles. The molecular weight excluding hydrogens is 543 g/mol. The molecule has 0 aliphatic heterocycles. The molecule has 0 unspecified atom stereocenters. The Hall–Kier alpha value is -4.69. The van der Waals surface area contributed by atoms with Crippen LogP contribution in [0.25, 0.3) is 11.5 Å². The number of anilines is 4. The lowest BCUT2D eigenvalue weighted by molar-refractivity contribution is -0.153. The number of pyridine rings is 2. The van der Waals surface area contributed by atoms with Crippen LogP contribution < -0.4 is 20.9 Å². The van der Waals surface area contributed by atoms with E-state index in [1.54, 1.807) is 48.5 Å². The van der Waals surface area contributed by atoms with Crippen molar-refractivity contribution in [3.63, 3.8) is 0 Å². The van der Waals surface area contributed by atoms with E-state index in [0.29, 0.717) is 30.2 Å². The van der Waals surface area contributed by atoms with E-state index in [2.05, 4.69) is 20.3 Å². The van der Waals surface area contributed by atoms with E-state index in [9.17, 15) is 18.0 Å². The van der Waals surface area contributed by atoms with Crippen LogP contribution in [0.1, 0.15) is 16.2 Å². The number of carbonyl (C=O) groups is 1. The van der Waals surface area contributed by atoms with E-state index in [1.165, 1.54) is 24.4 Å². The number of aromatic nitrogens is 3. The number of aliphatic hydroxyl groups excluding tert-OH is 2. The van der Waals surface area contributed by atoms with Crippen molar-refractivity contribution >= 4 is 28.9 Å². The highest BCUT2D eigenvalue weighted by Crippen LogP contribution is 2.35. The van der Waals surface area contributed by atoms with Crippen LogP contribution in [0, 0.1) is 0 Å². The van der Waals surface area contributed by atoms with Crippen LogP contribution in [0.5, 0.6) is 0 Å². The van der Waals surface area contributed by atoms with Crippen LogP contribution in [0.15, 0.2) is 71.4 Å². The van der Waals surface area contributed by atoms with Gasteiger partial charge >= 0.3 is 6.18 Å². The number of amides is 1. The van der Waals surface area contributed by atoms with E-state index in [1.807, 2.05) is 18.0 Å². The summed E-state index contributed by atoms with van der Waals surface area (Å²) in [4.78, 5) is 27.9. The molecule has 0 bridgehead atoms. The number of likely N-dealkylation sites (N-methyl/N-ethyl adjacent to an activating group) is 2. The Labute approximate surface area is 234 Å². The number of nitrogens with two attached hydrogens (primary N) is 1. The minimum Gasteiger partial charge on any atom is -0.431 e. The lowest BCUT2D eigenvalue weighted by Gasteiger charge is -2.16. The first-order valence-corrected chi connectivity index (χ1v) is 12.3. The number of hydrogen-bond acceptors (Lipinski definition) is 10. The lowest BCUT2D eigenvalue weighted by atomic mass is 10.2. The molecule has 218 valence electrons. The van der Waals surface area contributed by atoms with Crippen molar-refractivity contribution in [1.82, 2.24) is 15.0 Å². The molecule has 41 heavy (non-hydrogen) atoms. The van der Waals surface area contributed by atoms with Gasteiger partial charge in [0, 0.05) is 32.7 Å². The molecule has 4 rings (SSSR count). The van der Waals surface area contributed by atoms with Gasteiger partial charge in [0.05, 0.1) is 37.0 Å². The van der Waals surface area contributed by atoms with Gasteiger partial charge in [-0.3, -0.25) is 4.79 Å². The van der Waals surface area contributed by atoms with Gasteiger partial charge in [0.15, 0.2) is 5.69 Å². The number of carbonyl (C=O) groups excluding carboxylic acids is 1. The number of halogens is 3. The third-order valence-electron chi connectivity index (χ3n) is 5.55. The van der Waals surface area contributed by atoms with E-state index in [4.69, 9.17) is 20.4 Å². The summed E-state index contributed by atoms with van der Waals surface area (Å²) in [5, 5.41) is 19.9. The molecule has 5 N–H and O–H groups in total. The summed E-state index contributed by atoms with van der Waals surface area (Å²) >= 11 is 0. The van der Waals surface area contributed by atoms with E-state index < -0.39 is 23.5 Å². The molecule has 3 aromatic heterocycles. The lowest BCUT2D eigenvalue weighted by Crippen LogP contribution is -2.22. The minimum absolute atomic E-state index is 0.0627. The maximum atomic E-state index is 13.3. The summed E-state index contributed by atoms with van der Waals surface area (Å²) in [5.74, 6) is -1.50. The largest absolute Gasteiger partial charge is 0.452 e. The van der Waals surface area contributed by atoms with Crippen LogP contribution in [-0.2, 0) is 6.18 Å². The number of oxazole rings is 1. The number of hydrogen-bond donors (Lipinski definition) is 4. The van der Waals surface area contributed by atoms with Gasteiger partial charge in [-0.1, -0.05) is 18.2 Å². The average Bonchev–Trinajstić information content (AvgIpc) is 3.42. The van der Waals surface area contributed by atoms with Crippen LogP contribution in [-0.4, -0.2) is 71.5 Å². The highest BCUT2D eigenvalue weighted by molar-refractivity contribution is 6.04. The predicted molar refractivity (Wildman–Crippen MR) is 148 cm³/mol. The summed E-state index contributed by atoms with van der Waals surface area (Å²) in [6, 6.07) is 14.6. The third-order valence-corrected chi connectivity index (χ3v) is 5.55. The van der Waals surface area contributed by atoms with Crippen molar-refractivity contribution in [1.29, 1.82) is 0 Å². The number of rotatable bonds is 9. The maximum Gasteiger partial charge on any atom is 0.452 e. The Bertz CT molecular complexity index is 1380. The second-order valence-corrected chi connectivity index (χ2v) is 8.66. The monoisotopic (exact) mass is 573 g/mol. The smallest absolute Gasteiger partial charge is 0.431 e. The molecule has 0 spiro atoms. The summed E-state index contributed by atoms with van der Waals surface area (Å²) in [6.45, 7) is 1.00. The molecule has 0 saturated carbocycles. The molecule has 0 aliphatic rings. The van der Waals surface area contributed by atoms with Gasteiger partial charge in [0.2, 0.25) is 11.7 Å². The molecular formula is C27H30F3N7O4. The van der Waals surface area contributed by atoms with Crippen LogP contribution in [0.2, 0.25) is 0 Å². The molecule has 11 nitrogen and oxygen atoms in total. The molecule has 0 atom stereocenters. The number of benzene rings is 1. The molecule has 1 amide bonds. The molecule has 0 aliphatic carbocycles. The molecule has 0 radical (unpaired) electrons. The summed E-state index contributed by atoms with van der Waals surface area (Å²) in [7, 11) is 3.58. The zero-order valence-electron chi connectivity index (χ0n) is 22.3. The van der Waals surface area contributed by atoms with Crippen molar-refractivity contribution in [3.8, 4) is 11.5 Å². The van der Waals surface area contributed by atoms with Crippen molar-refractivity contribution < 1.29 is 32.6 Å². The fourth-order valence-electron chi connectivity index (χ4n) is 3.40. The Balaban J connectivity index is 0.000000322. The van der Waals surface area contributed by atoms with Gasteiger partial charge in [0.25, 0.3) is 5.91 Å². The van der Waals surface area contributed by atoms with Crippen LogP contribution >= 0.6 is 0 Å².